The summed E-state index contributed by atoms with van der Waals surface area (Å²) in [6, 6.07) is 90.4. The van der Waals surface area contributed by atoms with Gasteiger partial charge in [0.15, 0.2) is 6.23 Å². The number of nitrogens with zero attached hydrogens (tertiary/aromatic N) is 10. The Balaban J connectivity index is 0.682. The van der Waals surface area contributed by atoms with Gasteiger partial charge in [-0.2, -0.15) is 0 Å². The van der Waals surface area contributed by atoms with Crippen LogP contribution in [0.25, 0.3) is 89.8 Å². The molecule has 14 nitrogen and oxygen atoms in total. The minimum absolute atomic E-state index is 0.0201. The standard InChI is InChI=1S/C93H74N10O4/c1-100(90(104)70-42-34-64(35-43-70)84-22-10-14-50-94-84)76-54-74(55-77(58-76)101(2)91(105)71-44-36-65(37-45-71)85-23-11-15-51-95-85)82-19-7-5-6-18-80(82)62-26-30-68(31-27-62)88-60-99-89(61-98-88)69-32-28-63(29-33-69)81-20-8-9-21-83(81)75-56-78(102(3)92(106)72-46-38-66(39-47-72)86-24-12-16-52-96-86)59-79(57-75)103(4)93(107)73-48-40-67(41-49-73)87-25-13-17-53-97-87/h5-17,19-61,80,82,92,106H,18H2,1-4H3. The summed E-state index contributed by atoms with van der Waals surface area (Å²) in [6.07, 6.45) is 18.9. The molecule has 14 heteroatoms. The monoisotopic (exact) mass is 1390 g/mol. The maximum absolute atomic E-state index is 14.5. The van der Waals surface area contributed by atoms with Crippen molar-refractivity contribution in [1.82, 2.24) is 29.9 Å². The minimum Gasteiger partial charge on any atom is -0.369 e. The van der Waals surface area contributed by atoms with E-state index in [1.54, 1.807) is 60.6 Å². The van der Waals surface area contributed by atoms with Crippen molar-refractivity contribution in [3.63, 3.8) is 0 Å². The first kappa shape index (κ1) is 69.0. The number of hydrogen-bond acceptors (Lipinski definition) is 11. The fourth-order valence-corrected chi connectivity index (χ4v) is 13.7. The molecule has 107 heavy (non-hydrogen) atoms. The number of amides is 3. The average molecular weight is 1400 g/mol. The molecule has 3 unspecified atom stereocenters. The lowest BCUT2D eigenvalue weighted by atomic mass is 9.79. The first-order chi connectivity index (χ1) is 52.3. The summed E-state index contributed by atoms with van der Waals surface area (Å²) >= 11 is 0. The number of aliphatic hydroxyl groups is 1. The van der Waals surface area contributed by atoms with Crippen LogP contribution in [0, 0.1) is 0 Å². The Hall–Kier alpha value is -13.7. The number of carbonyl (C=O) groups is 3. The first-order valence-corrected chi connectivity index (χ1v) is 35.4. The molecule has 0 spiro atoms. The maximum atomic E-state index is 14.5. The third-order valence-electron chi connectivity index (χ3n) is 19.9. The van der Waals surface area contributed by atoms with E-state index in [-0.39, 0.29) is 29.6 Å². The van der Waals surface area contributed by atoms with Crippen LogP contribution < -0.4 is 19.6 Å². The molecule has 0 radical (unpaired) electrons. The van der Waals surface area contributed by atoms with Crippen molar-refractivity contribution < 1.29 is 19.5 Å². The largest absolute Gasteiger partial charge is 0.369 e. The zero-order valence-corrected chi connectivity index (χ0v) is 59.4. The Morgan fingerprint density at radius 1 is 0.346 bits per heavy atom. The second-order valence-corrected chi connectivity index (χ2v) is 26.5. The van der Waals surface area contributed by atoms with Gasteiger partial charge in [-0.05, 0) is 167 Å². The Bertz CT molecular complexity index is 5420. The van der Waals surface area contributed by atoms with Crippen molar-refractivity contribution >= 4 is 40.5 Å². The highest BCUT2D eigenvalue weighted by molar-refractivity contribution is 6.09. The van der Waals surface area contributed by atoms with Crippen LogP contribution in [0.5, 0.6) is 0 Å². The van der Waals surface area contributed by atoms with Crippen LogP contribution in [0.1, 0.15) is 72.2 Å². The number of carbonyl (C=O) groups excluding carboxylic acids is 3. The highest BCUT2D eigenvalue weighted by atomic mass is 16.3. The lowest BCUT2D eigenvalue weighted by Crippen LogP contribution is -2.29. The van der Waals surface area contributed by atoms with E-state index in [2.05, 4.69) is 123 Å². The molecule has 5 heterocycles. The Morgan fingerprint density at radius 3 is 1.12 bits per heavy atom. The summed E-state index contributed by atoms with van der Waals surface area (Å²) in [6.45, 7) is 0. The van der Waals surface area contributed by atoms with Crippen molar-refractivity contribution in [2.45, 2.75) is 24.5 Å². The van der Waals surface area contributed by atoms with E-state index in [4.69, 9.17) is 9.97 Å². The van der Waals surface area contributed by atoms with Gasteiger partial charge in [0.2, 0.25) is 0 Å². The van der Waals surface area contributed by atoms with Gasteiger partial charge < -0.3 is 24.7 Å². The van der Waals surface area contributed by atoms with E-state index in [0.717, 1.165) is 102 Å². The number of benzene rings is 9. The van der Waals surface area contributed by atoms with Gasteiger partial charge in [0.25, 0.3) is 17.7 Å². The van der Waals surface area contributed by atoms with Crippen LogP contribution in [0.3, 0.4) is 0 Å². The second-order valence-electron chi connectivity index (χ2n) is 26.5. The quantitative estimate of drug-likeness (QED) is 0.0767. The Labute approximate surface area is 622 Å². The van der Waals surface area contributed by atoms with Gasteiger partial charge >= 0.3 is 0 Å². The van der Waals surface area contributed by atoms with Gasteiger partial charge in [-0.3, -0.25) is 44.3 Å². The van der Waals surface area contributed by atoms with Crippen LogP contribution in [-0.4, -0.2) is 80.9 Å². The molecular weight excluding hydrogens is 1320 g/mol. The number of hydrogen-bond donors (Lipinski definition) is 1. The van der Waals surface area contributed by atoms with Crippen LogP contribution in [0.2, 0.25) is 0 Å². The van der Waals surface area contributed by atoms with Gasteiger partial charge in [-0.15, -0.1) is 0 Å². The summed E-state index contributed by atoms with van der Waals surface area (Å²) in [5.41, 5.74) is 20.8. The predicted molar refractivity (Wildman–Crippen MR) is 429 cm³/mol. The summed E-state index contributed by atoms with van der Waals surface area (Å²) in [7, 11) is 7.19. The molecule has 3 amide bonds. The molecule has 15 rings (SSSR count). The van der Waals surface area contributed by atoms with Crippen LogP contribution >= 0.6 is 0 Å². The average Bonchev–Trinajstić information content (AvgIpc) is 1.36. The molecule has 1 aliphatic rings. The van der Waals surface area contributed by atoms with Crippen LogP contribution in [0.4, 0.5) is 22.7 Å². The first-order valence-electron chi connectivity index (χ1n) is 35.4. The highest BCUT2D eigenvalue weighted by Crippen LogP contribution is 2.44. The predicted octanol–water partition coefficient (Wildman–Crippen LogP) is 19.7. The lowest BCUT2D eigenvalue weighted by molar-refractivity contribution is 0.0985. The van der Waals surface area contributed by atoms with Crippen molar-refractivity contribution in [2.24, 2.45) is 0 Å². The summed E-state index contributed by atoms with van der Waals surface area (Å²) < 4.78 is 0. The van der Waals surface area contributed by atoms with Gasteiger partial charge in [-0.1, -0.05) is 182 Å². The van der Waals surface area contributed by atoms with Crippen molar-refractivity contribution in [3.8, 4) is 89.8 Å². The van der Waals surface area contributed by atoms with Crippen molar-refractivity contribution in [3.05, 3.63) is 374 Å². The zero-order valence-electron chi connectivity index (χ0n) is 59.4. The Morgan fingerprint density at radius 2 is 0.701 bits per heavy atom. The molecule has 3 atom stereocenters. The van der Waals surface area contributed by atoms with Gasteiger partial charge in [0.1, 0.15) is 0 Å². The molecular formula is C93H74N10O4. The molecule has 0 saturated heterocycles. The number of aliphatic hydroxyl groups excluding tert-OH is 1. The van der Waals surface area contributed by atoms with E-state index in [1.165, 1.54) is 0 Å². The van der Waals surface area contributed by atoms with E-state index in [0.29, 0.717) is 50.7 Å². The molecule has 0 bridgehead atoms. The summed E-state index contributed by atoms with van der Waals surface area (Å²) in [5, 5.41) is 12.1. The maximum Gasteiger partial charge on any atom is 0.258 e. The fourth-order valence-electron chi connectivity index (χ4n) is 13.7. The smallest absolute Gasteiger partial charge is 0.258 e. The topological polar surface area (TPSA) is 162 Å². The van der Waals surface area contributed by atoms with E-state index >= 15 is 0 Å². The lowest BCUT2D eigenvalue weighted by Gasteiger charge is -2.29. The molecule has 5 aromatic heterocycles. The normalized spacial score (nSPS) is 13.4. The van der Waals surface area contributed by atoms with Crippen molar-refractivity contribution in [2.75, 3.05) is 47.8 Å². The van der Waals surface area contributed by atoms with Crippen molar-refractivity contribution in [1.29, 1.82) is 0 Å². The number of anilines is 4. The molecule has 0 fully saturated rings. The summed E-state index contributed by atoms with van der Waals surface area (Å²) in [4.78, 5) is 78.2. The third kappa shape index (κ3) is 15.1. The van der Waals surface area contributed by atoms with Gasteiger partial charge in [0, 0.05) is 137 Å². The summed E-state index contributed by atoms with van der Waals surface area (Å²) in [5.74, 6) is -0.770. The SMILES string of the molecule is CN(C(=O)c1ccc(-c2ccccn2)cc1)c1cc(C2C=CC=CCC2c2ccc(-c3cnc(-c4ccc(-c5ccccc5-c5cc(N(C)C(=O)c6ccc(-c7ccccn7)cc6)cc(N(C)C(O)c6ccc(-c7ccccn7)cc6)c5)cc4)cn3)cc2)cc(N(C)C(=O)c2ccc(-c3ccccn3)cc2)c1. The molecule has 1 aliphatic carbocycles. The van der Waals surface area contributed by atoms with Gasteiger partial charge in [0.05, 0.1) is 46.6 Å². The third-order valence-corrected chi connectivity index (χ3v) is 19.9. The fraction of sp³-hybridized carbons (Fsp3) is 0.0860. The van der Waals surface area contributed by atoms with E-state index < -0.39 is 6.23 Å². The molecule has 14 aromatic rings. The van der Waals surface area contributed by atoms with Crippen LogP contribution in [0.15, 0.2) is 341 Å². The second kappa shape index (κ2) is 31.1. The molecule has 9 aromatic carbocycles. The zero-order chi connectivity index (χ0) is 73.3. The number of allylic oxidation sites excluding steroid dienone is 4. The highest BCUT2D eigenvalue weighted by Gasteiger charge is 2.28. The van der Waals surface area contributed by atoms with Crippen LogP contribution in [-0.2, 0) is 0 Å². The number of pyridine rings is 4. The molecule has 520 valence electrons. The number of aromatic nitrogens is 6. The molecule has 1 N–H and O–H groups in total. The van der Waals surface area contributed by atoms with E-state index in [1.807, 2.05) is 225 Å². The van der Waals surface area contributed by atoms with E-state index in [9.17, 15) is 19.5 Å². The Kier molecular flexibility index (Phi) is 20.1. The minimum atomic E-state index is -1.03. The van der Waals surface area contributed by atoms with Gasteiger partial charge in [-0.25, -0.2) is 0 Å². The molecule has 0 aliphatic heterocycles. The number of rotatable bonds is 19. The molecule has 0 saturated carbocycles.